The Balaban J connectivity index is 1.42. The van der Waals surface area contributed by atoms with Crippen molar-refractivity contribution >= 4 is 39.5 Å². The number of piperazine rings is 1. The largest absolute Gasteiger partial charge is 0.368 e. The molecule has 140 valence electrons. The molecule has 7 nitrogen and oxygen atoms in total. The van der Waals surface area contributed by atoms with Crippen LogP contribution in [0.1, 0.15) is 11.4 Å². The number of anilines is 1. The molecule has 0 bridgehead atoms. The third kappa shape index (κ3) is 3.68. The first kappa shape index (κ1) is 17.9. The third-order valence-corrected chi connectivity index (χ3v) is 5.78. The molecule has 0 N–H and O–H groups in total. The molecule has 1 saturated heterocycles. The van der Waals surface area contributed by atoms with E-state index in [1.807, 2.05) is 34.5 Å². The van der Waals surface area contributed by atoms with Gasteiger partial charge in [0.15, 0.2) is 0 Å². The molecule has 0 spiro atoms. The van der Waals surface area contributed by atoms with Gasteiger partial charge in [0.05, 0.1) is 12.1 Å². The lowest BCUT2D eigenvalue weighted by molar-refractivity contribution is -0.130. The SMILES string of the molecule is Cc1nn2c(CC(=O)N3CCN(c4ccc(Cl)cc4)CC3)csc2nc1=O. The van der Waals surface area contributed by atoms with Crippen LogP contribution in [0, 0.1) is 6.92 Å². The lowest BCUT2D eigenvalue weighted by Crippen LogP contribution is -2.49. The minimum atomic E-state index is -0.326. The average molecular weight is 404 g/mol. The molecule has 1 aliphatic heterocycles. The van der Waals surface area contributed by atoms with E-state index in [0.717, 1.165) is 29.5 Å². The predicted octanol–water partition coefficient (Wildman–Crippen LogP) is 2.00. The van der Waals surface area contributed by atoms with E-state index in [4.69, 9.17) is 11.6 Å². The summed E-state index contributed by atoms with van der Waals surface area (Å²) in [5.74, 6) is 0.0589. The van der Waals surface area contributed by atoms with Crippen LogP contribution in [0.4, 0.5) is 5.69 Å². The maximum Gasteiger partial charge on any atom is 0.295 e. The van der Waals surface area contributed by atoms with Crippen LogP contribution < -0.4 is 10.5 Å². The first-order valence-corrected chi connectivity index (χ1v) is 9.89. The van der Waals surface area contributed by atoms with Gasteiger partial charge in [0.1, 0.15) is 5.69 Å². The summed E-state index contributed by atoms with van der Waals surface area (Å²) in [5, 5.41) is 6.82. The standard InChI is InChI=1S/C18H18ClN5O2S/c1-12-17(26)20-18-24(21-12)15(11-27-18)10-16(25)23-8-6-22(7-9-23)14-4-2-13(19)3-5-14/h2-5,11H,6-10H2,1H3. The second-order valence-electron chi connectivity index (χ2n) is 6.44. The van der Waals surface area contributed by atoms with Crippen molar-refractivity contribution in [3.63, 3.8) is 0 Å². The first-order chi connectivity index (χ1) is 13.0. The molecule has 1 aliphatic rings. The van der Waals surface area contributed by atoms with Gasteiger partial charge in [-0.1, -0.05) is 11.6 Å². The van der Waals surface area contributed by atoms with Gasteiger partial charge in [-0.3, -0.25) is 9.59 Å². The quantitative estimate of drug-likeness (QED) is 0.669. The van der Waals surface area contributed by atoms with Crippen molar-refractivity contribution in [3.8, 4) is 0 Å². The molecule has 4 rings (SSSR count). The van der Waals surface area contributed by atoms with Crippen LogP contribution >= 0.6 is 22.9 Å². The molecule has 1 amide bonds. The number of fused-ring (bicyclic) bond motifs is 1. The van der Waals surface area contributed by atoms with Crippen LogP contribution in [0.15, 0.2) is 34.4 Å². The van der Waals surface area contributed by atoms with Gasteiger partial charge in [-0.15, -0.1) is 11.3 Å². The van der Waals surface area contributed by atoms with Gasteiger partial charge < -0.3 is 9.80 Å². The first-order valence-electron chi connectivity index (χ1n) is 8.63. The van der Waals surface area contributed by atoms with Crippen molar-refractivity contribution in [3.05, 3.63) is 56.4 Å². The Kier molecular flexibility index (Phi) is 4.84. The van der Waals surface area contributed by atoms with Gasteiger partial charge in [0, 0.05) is 42.3 Å². The molecule has 0 radical (unpaired) electrons. The highest BCUT2D eigenvalue weighted by Crippen LogP contribution is 2.20. The number of benzene rings is 1. The van der Waals surface area contributed by atoms with Crippen LogP contribution in [0.3, 0.4) is 0 Å². The molecule has 27 heavy (non-hydrogen) atoms. The van der Waals surface area contributed by atoms with Crippen molar-refractivity contribution in [2.24, 2.45) is 0 Å². The average Bonchev–Trinajstić information content (AvgIpc) is 3.04. The molecule has 0 atom stereocenters. The highest BCUT2D eigenvalue weighted by atomic mass is 35.5. The fourth-order valence-electron chi connectivity index (χ4n) is 3.13. The summed E-state index contributed by atoms with van der Waals surface area (Å²) >= 11 is 7.27. The van der Waals surface area contributed by atoms with Crippen LogP contribution in [-0.2, 0) is 11.2 Å². The molecule has 0 unspecified atom stereocenters. The summed E-state index contributed by atoms with van der Waals surface area (Å²) in [6.07, 6.45) is 0.248. The molecular weight excluding hydrogens is 386 g/mol. The maximum absolute atomic E-state index is 12.7. The number of rotatable bonds is 3. The Hall–Kier alpha value is -2.45. The Bertz CT molecular complexity index is 1040. The van der Waals surface area contributed by atoms with Crippen LogP contribution in [0.25, 0.3) is 4.96 Å². The Morgan fingerprint density at radius 2 is 1.89 bits per heavy atom. The summed E-state index contributed by atoms with van der Waals surface area (Å²) in [7, 11) is 0. The van der Waals surface area contributed by atoms with Gasteiger partial charge in [0.25, 0.3) is 5.56 Å². The summed E-state index contributed by atoms with van der Waals surface area (Å²) in [6, 6.07) is 7.76. The van der Waals surface area contributed by atoms with E-state index in [0.29, 0.717) is 23.7 Å². The highest BCUT2D eigenvalue weighted by Gasteiger charge is 2.22. The van der Waals surface area contributed by atoms with E-state index in [1.54, 1.807) is 11.4 Å². The van der Waals surface area contributed by atoms with E-state index >= 15 is 0 Å². The lowest BCUT2D eigenvalue weighted by Gasteiger charge is -2.36. The number of nitrogens with zero attached hydrogens (tertiary/aromatic N) is 5. The van der Waals surface area contributed by atoms with Crippen LogP contribution in [-0.4, -0.2) is 51.6 Å². The minimum absolute atomic E-state index is 0.0589. The van der Waals surface area contributed by atoms with Crippen molar-refractivity contribution in [1.29, 1.82) is 0 Å². The number of hydrogen-bond acceptors (Lipinski definition) is 6. The van der Waals surface area contributed by atoms with E-state index in [2.05, 4.69) is 15.0 Å². The van der Waals surface area contributed by atoms with E-state index in [-0.39, 0.29) is 17.9 Å². The second kappa shape index (κ2) is 7.28. The zero-order valence-corrected chi connectivity index (χ0v) is 16.3. The Morgan fingerprint density at radius 1 is 1.19 bits per heavy atom. The lowest BCUT2D eigenvalue weighted by atomic mass is 10.2. The maximum atomic E-state index is 12.7. The zero-order chi connectivity index (χ0) is 19.0. The number of aromatic nitrogens is 3. The monoisotopic (exact) mass is 403 g/mol. The van der Waals surface area contributed by atoms with Gasteiger partial charge in [-0.2, -0.15) is 10.1 Å². The number of thiazole rings is 1. The molecular formula is C18H18ClN5O2S. The molecule has 3 heterocycles. The van der Waals surface area contributed by atoms with Crippen LogP contribution in [0.5, 0.6) is 0 Å². The number of carbonyl (C=O) groups is 1. The van der Waals surface area contributed by atoms with Gasteiger partial charge >= 0.3 is 0 Å². The smallest absolute Gasteiger partial charge is 0.295 e. The Labute approximate surface area is 164 Å². The molecule has 0 aliphatic carbocycles. The van der Waals surface area contributed by atoms with E-state index < -0.39 is 0 Å². The summed E-state index contributed by atoms with van der Waals surface area (Å²) in [6.45, 7) is 4.53. The third-order valence-electron chi connectivity index (χ3n) is 4.67. The predicted molar refractivity (Wildman–Crippen MR) is 106 cm³/mol. The molecule has 3 aromatic rings. The fourth-order valence-corrected chi connectivity index (χ4v) is 4.08. The molecule has 1 fully saturated rings. The Morgan fingerprint density at radius 3 is 2.59 bits per heavy atom. The van der Waals surface area contributed by atoms with Crippen molar-refractivity contribution < 1.29 is 4.79 Å². The molecule has 9 heteroatoms. The fraction of sp³-hybridized carbons (Fsp3) is 0.333. The summed E-state index contributed by atoms with van der Waals surface area (Å²) in [4.78, 5) is 33.0. The topological polar surface area (TPSA) is 70.8 Å². The van der Waals surface area contributed by atoms with Crippen molar-refractivity contribution in [2.75, 3.05) is 31.1 Å². The number of amides is 1. The number of hydrogen-bond donors (Lipinski definition) is 0. The zero-order valence-electron chi connectivity index (χ0n) is 14.8. The normalized spacial score (nSPS) is 14.7. The van der Waals surface area contributed by atoms with Gasteiger partial charge in [-0.05, 0) is 31.2 Å². The molecule has 1 aromatic carbocycles. The number of carbonyl (C=O) groups excluding carboxylic acids is 1. The van der Waals surface area contributed by atoms with Gasteiger partial charge in [0.2, 0.25) is 10.9 Å². The summed E-state index contributed by atoms with van der Waals surface area (Å²) < 4.78 is 1.60. The molecule has 0 saturated carbocycles. The minimum Gasteiger partial charge on any atom is -0.368 e. The van der Waals surface area contributed by atoms with Crippen molar-refractivity contribution in [1.82, 2.24) is 19.5 Å². The van der Waals surface area contributed by atoms with E-state index in [1.165, 1.54) is 11.3 Å². The van der Waals surface area contributed by atoms with Crippen molar-refractivity contribution in [2.45, 2.75) is 13.3 Å². The number of halogens is 1. The van der Waals surface area contributed by atoms with Gasteiger partial charge in [-0.25, -0.2) is 4.52 Å². The summed E-state index contributed by atoms with van der Waals surface area (Å²) in [5.41, 5.74) is 1.88. The molecule has 2 aromatic heterocycles. The van der Waals surface area contributed by atoms with Crippen LogP contribution in [0.2, 0.25) is 5.02 Å². The van der Waals surface area contributed by atoms with E-state index in [9.17, 15) is 9.59 Å². The number of aryl methyl sites for hydroxylation is 1. The highest BCUT2D eigenvalue weighted by molar-refractivity contribution is 7.15. The second-order valence-corrected chi connectivity index (χ2v) is 7.72.